The van der Waals surface area contributed by atoms with Crippen LogP contribution in [0.25, 0.3) is 0 Å². The Hall–Kier alpha value is -2.29. The molecule has 1 fully saturated rings. The first-order chi connectivity index (χ1) is 13.8. The van der Waals surface area contributed by atoms with Crippen LogP contribution in [0.15, 0.2) is 6.07 Å². The molecule has 158 valence electrons. The van der Waals surface area contributed by atoms with E-state index in [1.54, 1.807) is 14.1 Å². The number of rotatable bonds is 3. The quantitative estimate of drug-likeness (QED) is 0.780. The summed E-state index contributed by atoms with van der Waals surface area (Å²) >= 11 is 0. The second kappa shape index (κ2) is 7.51. The molecule has 0 saturated carbocycles. The van der Waals surface area contributed by atoms with Gasteiger partial charge >= 0.3 is 12.1 Å². The third-order valence-corrected chi connectivity index (χ3v) is 7.92. The van der Waals surface area contributed by atoms with Crippen LogP contribution in [-0.2, 0) is 35.7 Å². The number of sulfonamides is 1. The number of fused-ring (bicyclic) bond motifs is 2. The summed E-state index contributed by atoms with van der Waals surface area (Å²) in [5.74, 6) is 0. The second-order valence-electron chi connectivity index (χ2n) is 8.37. The number of urea groups is 2. The summed E-state index contributed by atoms with van der Waals surface area (Å²) in [6.07, 6.45) is 6.28. The molecule has 0 radical (unpaired) electrons. The third-order valence-electron chi connectivity index (χ3n) is 6.18. The number of nitrogens with zero attached hydrogens (tertiary/aromatic N) is 2. The summed E-state index contributed by atoms with van der Waals surface area (Å²) < 4.78 is 27.6. The van der Waals surface area contributed by atoms with E-state index < -0.39 is 21.3 Å². The van der Waals surface area contributed by atoms with Crippen molar-refractivity contribution in [2.45, 2.75) is 50.2 Å². The smallest absolute Gasteiger partial charge is 0.331 e. The maximum absolute atomic E-state index is 12.7. The second-order valence-corrected chi connectivity index (χ2v) is 10.3. The van der Waals surface area contributed by atoms with Gasteiger partial charge in [-0.05, 0) is 67.2 Å². The lowest BCUT2D eigenvalue weighted by molar-refractivity contribution is 0.182. The highest BCUT2D eigenvalue weighted by Crippen LogP contribution is 2.38. The zero-order chi connectivity index (χ0) is 20.8. The number of likely N-dealkylation sites (tertiary alicyclic amines) is 1. The number of aryl methyl sites for hydroxylation is 2. The van der Waals surface area contributed by atoms with Crippen molar-refractivity contribution >= 4 is 27.8 Å². The number of carbonyl (C=O) groups is 2. The molecular weight excluding hydrogens is 392 g/mol. The van der Waals surface area contributed by atoms with Gasteiger partial charge in [0.1, 0.15) is 0 Å². The Labute approximate surface area is 171 Å². The van der Waals surface area contributed by atoms with E-state index in [0.29, 0.717) is 13.0 Å². The summed E-state index contributed by atoms with van der Waals surface area (Å²) in [7, 11) is -0.611. The lowest BCUT2D eigenvalue weighted by Crippen LogP contribution is -2.43. The monoisotopic (exact) mass is 420 g/mol. The number of hydrogen-bond acceptors (Lipinski definition) is 4. The molecular formula is C20H28N4O4S. The van der Waals surface area contributed by atoms with E-state index in [1.807, 2.05) is 0 Å². The predicted molar refractivity (Wildman–Crippen MR) is 111 cm³/mol. The molecule has 4 amide bonds. The van der Waals surface area contributed by atoms with Crippen LogP contribution in [0.4, 0.5) is 15.3 Å². The molecule has 2 N–H and O–H groups in total. The van der Waals surface area contributed by atoms with Gasteiger partial charge in [-0.25, -0.2) is 22.7 Å². The van der Waals surface area contributed by atoms with Crippen molar-refractivity contribution in [2.24, 2.45) is 0 Å². The van der Waals surface area contributed by atoms with Crippen molar-refractivity contribution < 1.29 is 18.0 Å². The molecule has 1 unspecified atom stereocenters. The number of amides is 4. The van der Waals surface area contributed by atoms with Gasteiger partial charge in [-0.2, -0.15) is 0 Å². The van der Waals surface area contributed by atoms with Gasteiger partial charge in [0.15, 0.2) is 0 Å². The van der Waals surface area contributed by atoms with Crippen LogP contribution < -0.4 is 10.0 Å². The van der Waals surface area contributed by atoms with Crippen LogP contribution in [0, 0.1) is 0 Å². The van der Waals surface area contributed by atoms with Crippen molar-refractivity contribution in [3.8, 4) is 0 Å². The van der Waals surface area contributed by atoms with Gasteiger partial charge in [-0.1, -0.05) is 6.07 Å². The van der Waals surface area contributed by atoms with Crippen molar-refractivity contribution in [1.82, 2.24) is 14.5 Å². The molecule has 3 aliphatic rings. The number of anilines is 1. The molecule has 1 aliphatic heterocycles. The van der Waals surface area contributed by atoms with Gasteiger partial charge in [-0.15, -0.1) is 0 Å². The molecule has 0 spiro atoms. The highest BCUT2D eigenvalue weighted by atomic mass is 32.2. The molecule has 9 heteroatoms. The average molecular weight is 421 g/mol. The Balaban J connectivity index is 1.46. The third kappa shape index (κ3) is 3.80. The van der Waals surface area contributed by atoms with Crippen molar-refractivity contribution in [3.63, 3.8) is 0 Å². The zero-order valence-electron chi connectivity index (χ0n) is 17.0. The highest BCUT2D eigenvalue weighted by molar-refractivity contribution is 7.90. The fourth-order valence-electron chi connectivity index (χ4n) is 4.76. The van der Waals surface area contributed by atoms with Crippen molar-refractivity contribution in [2.75, 3.05) is 32.5 Å². The number of carbonyl (C=O) groups excluding carboxylic acids is 2. The van der Waals surface area contributed by atoms with Crippen LogP contribution >= 0.6 is 0 Å². The summed E-state index contributed by atoms with van der Waals surface area (Å²) in [6.45, 7) is 0.458. The standard InChI is InChI=1S/C20H28N4O4S/c1-23(2)20(26)24-10-9-15(12-24)29(27,28)22-19(25)21-18-16-7-3-5-13(16)11-14-6-4-8-17(14)18/h11,15H,3-10,12H2,1-2H3,(H2,21,22,25). The largest absolute Gasteiger partial charge is 0.332 e. The maximum Gasteiger partial charge on any atom is 0.332 e. The van der Waals surface area contributed by atoms with E-state index in [9.17, 15) is 18.0 Å². The molecule has 1 atom stereocenters. The van der Waals surface area contributed by atoms with Crippen LogP contribution in [0.1, 0.15) is 41.5 Å². The van der Waals surface area contributed by atoms with Gasteiger partial charge in [0.2, 0.25) is 10.0 Å². The summed E-state index contributed by atoms with van der Waals surface area (Å²) in [6, 6.07) is 1.33. The van der Waals surface area contributed by atoms with Crippen molar-refractivity contribution in [3.05, 3.63) is 28.3 Å². The first kappa shape index (κ1) is 20.0. The Morgan fingerprint density at radius 3 is 2.28 bits per heavy atom. The zero-order valence-corrected chi connectivity index (χ0v) is 17.8. The topological polar surface area (TPSA) is 98.8 Å². The first-order valence-electron chi connectivity index (χ1n) is 10.2. The average Bonchev–Trinajstić information content (AvgIpc) is 3.40. The van der Waals surface area contributed by atoms with Gasteiger partial charge in [0.25, 0.3) is 0 Å². The van der Waals surface area contributed by atoms with E-state index in [1.165, 1.54) is 20.9 Å². The molecule has 29 heavy (non-hydrogen) atoms. The first-order valence-corrected chi connectivity index (χ1v) is 11.8. The number of hydrogen-bond donors (Lipinski definition) is 2. The van der Waals surface area contributed by atoms with Gasteiger partial charge < -0.3 is 15.1 Å². The van der Waals surface area contributed by atoms with E-state index in [4.69, 9.17) is 0 Å². The highest BCUT2D eigenvalue weighted by Gasteiger charge is 2.37. The lowest BCUT2D eigenvalue weighted by atomic mass is 9.99. The molecule has 0 aromatic heterocycles. The fourth-order valence-corrected chi connectivity index (χ4v) is 6.02. The lowest BCUT2D eigenvalue weighted by Gasteiger charge is -2.21. The summed E-state index contributed by atoms with van der Waals surface area (Å²) in [5, 5.41) is 2.07. The minimum atomic E-state index is -3.87. The Morgan fingerprint density at radius 2 is 1.69 bits per heavy atom. The Bertz CT molecular complexity index is 925. The van der Waals surface area contributed by atoms with Crippen molar-refractivity contribution in [1.29, 1.82) is 0 Å². The Kier molecular flexibility index (Phi) is 5.18. The molecule has 8 nitrogen and oxygen atoms in total. The summed E-state index contributed by atoms with van der Waals surface area (Å²) in [5.41, 5.74) is 5.68. The molecule has 2 aliphatic carbocycles. The molecule has 1 saturated heterocycles. The van der Waals surface area contributed by atoms with E-state index in [0.717, 1.165) is 55.3 Å². The number of benzene rings is 1. The van der Waals surface area contributed by atoms with E-state index in [-0.39, 0.29) is 12.6 Å². The molecule has 1 heterocycles. The Morgan fingerprint density at radius 1 is 1.07 bits per heavy atom. The van der Waals surface area contributed by atoms with Gasteiger partial charge in [0, 0.05) is 32.9 Å². The van der Waals surface area contributed by atoms with Gasteiger partial charge in [-0.3, -0.25) is 0 Å². The van der Waals surface area contributed by atoms with E-state index >= 15 is 0 Å². The van der Waals surface area contributed by atoms with E-state index in [2.05, 4.69) is 16.1 Å². The molecule has 0 bridgehead atoms. The minimum Gasteiger partial charge on any atom is -0.331 e. The molecule has 1 aromatic carbocycles. The summed E-state index contributed by atoms with van der Waals surface area (Å²) in [4.78, 5) is 27.6. The molecule has 1 aromatic rings. The number of nitrogens with one attached hydrogen (secondary N) is 2. The normalized spacial score (nSPS) is 20.3. The molecule has 4 rings (SSSR count). The van der Waals surface area contributed by atoms with Crippen LogP contribution in [0.3, 0.4) is 0 Å². The predicted octanol–water partition coefficient (Wildman–Crippen LogP) is 1.87. The fraction of sp³-hybridized carbons (Fsp3) is 0.600. The van der Waals surface area contributed by atoms with Crippen LogP contribution in [0.2, 0.25) is 0 Å². The van der Waals surface area contributed by atoms with Gasteiger partial charge in [0.05, 0.1) is 5.25 Å². The maximum atomic E-state index is 12.7. The SMILES string of the molecule is CN(C)C(=O)N1CCC(S(=O)(=O)NC(=O)Nc2c3c(cc4c2CCC4)CCC3)C1. The van der Waals surface area contributed by atoms with Crippen LogP contribution in [-0.4, -0.2) is 62.7 Å². The van der Waals surface area contributed by atoms with Crippen LogP contribution in [0.5, 0.6) is 0 Å². The minimum absolute atomic E-state index is 0.0930.